The van der Waals surface area contributed by atoms with Crippen LogP contribution in [0.25, 0.3) is 0 Å². The summed E-state index contributed by atoms with van der Waals surface area (Å²) in [5.41, 5.74) is 1.97. The van der Waals surface area contributed by atoms with E-state index in [0.717, 1.165) is 0 Å². The summed E-state index contributed by atoms with van der Waals surface area (Å²) in [5, 5.41) is 0. The first-order chi connectivity index (χ1) is 9.73. The number of nitrogens with two attached hydrogens (primary N) is 1. The van der Waals surface area contributed by atoms with E-state index >= 15 is 0 Å². The minimum Gasteiger partial charge on any atom is -0.375 e. The number of sulfonamides is 1. The van der Waals surface area contributed by atoms with Gasteiger partial charge >= 0.3 is 0 Å². The normalized spacial score (nSPS) is 22.0. The van der Waals surface area contributed by atoms with Gasteiger partial charge in [-0.2, -0.15) is 0 Å². The third-order valence-electron chi connectivity index (χ3n) is 3.26. The Balaban J connectivity index is 2.24. The second-order valence-corrected chi connectivity index (χ2v) is 8.16. The number of nitrogen functional groups attached to an aromatic ring is 1. The molecule has 1 aliphatic heterocycles. The molecule has 4 N–H and O–H groups in total. The lowest BCUT2D eigenvalue weighted by Crippen LogP contribution is -2.45. The average Bonchev–Trinajstić information content (AvgIpc) is 2.37. The van der Waals surface area contributed by atoms with Crippen LogP contribution in [0.2, 0.25) is 0 Å². The fraction of sp³-hybridized carbons (Fsp3) is 0.583. The summed E-state index contributed by atoms with van der Waals surface area (Å²) in [6, 6.07) is 1.29. The maximum Gasteiger partial charge on any atom is 0.244 e. The molecule has 118 valence electrons. The van der Waals surface area contributed by atoms with Gasteiger partial charge in [0.1, 0.15) is 4.90 Å². The van der Waals surface area contributed by atoms with Crippen molar-refractivity contribution < 1.29 is 13.2 Å². The molecular formula is C12H19BrN4O3S. The molecule has 2 heterocycles. The van der Waals surface area contributed by atoms with Crippen LogP contribution < -0.4 is 16.0 Å². The van der Waals surface area contributed by atoms with Crippen LogP contribution in [0.1, 0.15) is 26.7 Å². The van der Waals surface area contributed by atoms with Crippen molar-refractivity contribution in [3.8, 4) is 0 Å². The standard InChI is InChI=1S/C12H19BrN4O3S/c1-12(2)6-9(3-4-20-12)17-21(18,19)10-5-8(13)7-15-11(10)16-14/h5,7,9,17H,3-4,6,14H2,1-2H3,(H,15,16). The van der Waals surface area contributed by atoms with Crippen molar-refractivity contribution in [1.29, 1.82) is 0 Å². The largest absolute Gasteiger partial charge is 0.375 e. The Morgan fingerprint density at radius 3 is 2.86 bits per heavy atom. The highest BCUT2D eigenvalue weighted by Gasteiger charge is 2.32. The molecule has 1 saturated heterocycles. The van der Waals surface area contributed by atoms with E-state index in [1.54, 1.807) is 0 Å². The topological polar surface area (TPSA) is 106 Å². The highest BCUT2D eigenvalue weighted by molar-refractivity contribution is 9.10. The molecule has 0 spiro atoms. The fourth-order valence-corrected chi connectivity index (χ4v) is 4.25. The number of pyridine rings is 1. The van der Waals surface area contributed by atoms with E-state index in [2.05, 4.69) is 31.1 Å². The molecule has 0 amide bonds. The van der Waals surface area contributed by atoms with Gasteiger partial charge in [-0.25, -0.2) is 24.0 Å². The first-order valence-corrected chi connectivity index (χ1v) is 8.79. The summed E-state index contributed by atoms with van der Waals surface area (Å²) in [6.45, 7) is 4.42. The molecule has 0 aliphatic carbocycles. The zero-order chi connectivity index (χ0) is 15.7. The molecule has 0 saturated carbocycles. The van der Waals surface area contributed by atoms with Gasteiger partial charge in [-0.1, -0.05) is 0 Å². The number of anilines is 1. The van der Waals surface area contributed by atoms with E-state index in [9.17, 15) is 8.42 Å². The van der Waals surface area contributed by atoms with E-state index in [0.29, 0.717) is 23.9 Å². The summed E-state index contributed by atoms with van der Waals surface area (Å²) in [7, 11) is -3.72. The van der Waals surface area contributed by atoms with Gasteiger partial charge in [0.05, 0.1) is 5.60 Å². The Kier molecular flexibility index (Phi) is 4.89. The number of ether oxygens (including phenoxy) is 1. The van der Waals surface area contributed by atoms with Gasteiger partial charge < -0.3 is 10.2 Å². The highest BCUT2D eigenvalue weighted by Crippen LogP contribution is 2.27. The third-order valence-corrected chi connectivity index (χ3v) is 5.23. The van der Waals surface area contributed by atoms with Crippen LogP contribution in [-0.2, 0) is 14.8 Å². The van der Waals surface area contributed by atoms with E-state index in [1.165, 1.54) is 12.3 Å². The molecule has 1 aromatic rings. The molecule has 1 atom stereocenters. The van der Waals surface area contributed by atoms with E-state index in [-0.39, 0.29) is 22.4 Å². The molecule has 0 aromatic carbocycles. The van der Waals surface area contributed by atoms with Gasteiger partial charge in [0.2, 0.25) is 10.0 Å². The smallest absolute Gasteiger partial charge is 0.244 e. The Hall–Kier alpha value is -0.740. The van der Waals surface area contributed by atoms with Crippen LogP contribution in [0.4, 0.5) is 5.82 Å². The molecule has 9 heteroatoms. The number of halogens is 1. The molecule has 2 rings (SSSR count). The molecule has 1 unspecified atom stereocenters. The van der Waals surface area contributed by atoms with Crippen LogP contribution >= 0.6 is 15.9 Å². The van der Waals surface area contributed by atoms with Gasteiger partial charge in [0.15, 0.2) is 5.82 Å². The first kappa shape index (κ1) is 16.6. The van der Waals surface area contributed by atoms with E-state index in [4.69, 9.17) is 10.6 Å². The van der Waals surface area contributed by atoms with Crippen LogP contribution in [0.5, 0.6) is 0 Å². The van der Waals surface area contributed by atoms with Crippen LogP contribution in [-0.4, -0.2) is 31.7 Å². The Morgan fingerprint density at radius 2 is 2.24 bits per heavy atom. The second-order valence-electron chi connectivity index (χ2n) is 5.56. The van der Waals surface area contributed by atoms with Crippen molar-refractivity contribution in [2.45, 2.75) is 43.2 Å². The lowest BCUT2D eigenvalue weighted by atomic mass is 9.95. The Morgan fingerprint density at radius 1 is 1.52 bits per heavy atom. The lowest BCUT2D eigenvalue weighted by molar-refractivity contribution is -0.0599. The molecule has 7 nitrogen and oxygen atoms in total. The highest BCUT2D eigenvalue weighted by atomic mass is 79.9. The molecule has 1 aliphatic rings. The molecule has 0 bridgehead atoms. The van der Waals surface area contributed by atoms with Crippen molar-refractivity contribution in [2.24, 2.45) is 5.84 Å². The minimum atomic E-state index is -3.72. The zero-order valence-electron chi connectivity index (χ0n) is 11.9. The quantitative estimate of drug-likeness (QED) is 0.539. The van der Waals surface area contributed by atoms with Gasteiger partial charge in [-0.15, -0.1) is 0 Å². The van der Waals surface area contributed by atoms with Crippen molar-refractivity contribution in [2.75, 3.05) is 12.0 Å². The predicted molar refractivity (Wildman–Crippen MR) is 83.1 cm³/mol. The summed E-state index contributed by atoms with van der Waals surface area (Å²) >= 11 is 3.22. The Labute approximate surface area is 132 Å². The van der Waals surface area contributed by atoms with Crippen molar-refractivity contribution in [3.63, 3.8) is 0 Å². The van der Waals surface area contributed by atoms with Crippen LogP contribution in [0.3, 0.4) is 0 Å². The number of nitrogens with zero attached hydrogens (tertiary/aromatic N) is 1. The van der Waals surface area contributed by atoms with Crippen molar-refractivity contribution in [1.82, 2.24) is 9.71 Å². The molecule has 1 aromatic heterocycles. The summed E-state index contributed by atoms with van der Waals surface area (Å²) in [6.07, 6.45) is 2.72. The Bertz CT molecular complexity index is 621. The van der Waals surface area contributed by atoms with Gasteiger partial charge in [0.25, 0.3) is 0 Å². The van der Waals surface area contributed by atoms with Crippen molar-refractivity contribution >= 4 is 31.8 Å². The second kappa shape index (κ2) is 6.17. The fourth-order valence-electron chi connectivity index (χ4n) is 2.35. The summed E-state index contributed by atoms with van der Waals surface area (Å²) in [4.78, 5) is 3.98. The number of hydrogen-bond acceptors (Lipinski definition) is 6. The summed E-state index contributed by atoms with van der Waals surface area (Å²) in [5.74, 6) is 5.44. The number of rotatable bonds is 4. The number of aromatic nitrogens is 1. The predicted octanol–water partition coefficient (Wildman–Crippen LogP) is 1.37. The number of nitrogens with one attached hydrogen (secondary N) is 2. The lowest BCUT2D eigenvalue weighted by Gasteiger charge is -2.35. The average molecular weight is 379 g/mol. The SMILES string of the molecule is CC1(C)CC(NS(=O)(=O)c2cc(Br)cnc2NN)CCO1. The zero-order valence-corrected chi connectivity index (χ0v) is 14.3. The summed E-state index contributed by atoms with van der Waals surface area (Å²) < 4.78 is 33.9. The van der Waals surface area contributed by atoms with Gasteiger partial charge in [-0.05, 0) is 48.7 Å². The third kappa shape index (κ3) is 4.13. The minimum absolute atomic E-state index is 0.0173. The van der Waals surface area contributed by atoms with Crippen LogP contribution in [0, 0.1) is 0 Å². The van der Waals surface area contributed by atoms with Gasteiger partial charge in [0, 0.05) is 23.3 Å². The van der Waals surface area contributed by atoms with Crippen molar-refractivity contribution in [3.05, 3.63) is 16.7 Å². The molecule has 1 fully saturated rings. The van der Waals surface area contributed by atoms with E-state index < -0.39 is 10.0 Å². The van der Waals surface area contributed by atoms with Crippen LogP contribution in [0.15, 0.2) is 21.6 Å². The number of hydrazine groups is 1. The monoisotopic (exact) mass is 378 g/mol. The maximum absolute atomic E-state index is 12.5. The number of hydrogen-bond donors (Lipinski definition) is 3. The van der Waals surface area contributed by atoms with E-state index in [1.807, 2.05) is 13.8 Å². The molecule has 21 heavy (non-hydrogen) atoms. The molecule has 0 radical (unpaired) electrons. The maximum atomic E-state index is 12.5. The first-order valence-electron chi connectivity index (χ1n) is 6.52. The van der Waals surface area contributed by atoms with Gasteiger partial charge in [-0.3, -0.25) is 0 Å². The molecular weight excluding hydrogens is 360 g/mol.